The molecule has 0 N–H and O–H groups in total. The molecule has 0 aliphatic heterocycles. The van der Waals surface area contributed by atoms with E-state index in [-0.39, 0.29) is 5.82 Å². The molecular weight excluding hydrogens is 245 g/mol. The van der Waals surface area contributed by atoms with Gasteiger partial charge < -0.3 is 4.57 Å². The molecule has 2 rings (SSSR count). The Balaban J connectivity index is 2.28. The highest BCUT2D eigenvalue weighted by Crippen LogP contribution is 2.14. The topological polar surface area (TPSA) is 4.93 Å². The summed E-state index contributed by atoms with van der Waals surface area (Å²) in [6.45, 7) is 0.556. The summed E-state index contributed by atoms with van der Waals surface area (Å²) in [4.78, 5) is 0. The molecule has 0 saturated carbocycles. The molecule has 0 bridgehead atoms. The van der Waals surface area contributed by atoms with Crippen LogP contribution in [-0.2, 0) is 6.54 Å². The second-order valence-electron chi connectivity index (χ2n) is 3.05. The fourth-order valence-corrected chi connectivity index (χ4v) is 1.73. The number of hydrogen-bond donors (Lipinski definition) is 0. The Hall–Kier alpha value is -1.09. The number of aromatic nitrogens is 1. The third-order valence-electron chi connectivity index (χ3n) is 2.07. The Labute approximate surface area is 90.3 Å². The number of benzene rings is 1. The molecule has 0 amide bonds. The second kappa shape index (κ2) is 3.96. The lowest BCUT2D eigenvalue weighted by atomic mass is 10.2. The first-order valence-corrected chi connectivity index (χ1v) is 5.11. The Morgan fingerprint density at radius 3 is 2.57 bits per heavy atom. The van der Waals surface area contributed by atoms with Crippen LogP contribution in [-0.4, -0.2) is 4.57 Å². The minimum absolute atomic E-state index is 0.159. The van der Waals surface area contributed by atoms with Gasteiger partial charge in [0, 0.05) is 11.8 Å². The summed E-state index contributed by atoms with van der Waals surface area (Å²) >= 11 is 3.39. The van der Waals surface area contributed by atoms with E-state index in [4.69, 9.17) is 0 Å². The van der Waals surface area contributed by atoms with Gasteiger partial charge in [-0.3, -0.25) is 0 Å². The van der Waals surface area contributed by atoms with Crippen LogP contribution in [0.2, 0.25) is 0 Å². The molecule has 0 radical (unpaired) electrons. The standard InChI is InChI=1S/C11H9BrFN/c12-11-6-3-7-14(11)8-9-4-1-2-5-10(9)13/h1-7H,8H2. The van der Waals surface area contributed by atoms with Gasteiger partial charge in [0.2, 0.25) is 0 Å². The van der Waals surface area contributed by atoms with E-state index in [2.05, 4.69) is 15.9 Å². The van der Waals surface area contributed by atoms with Gasteiger partial charge in [-0.1, -0.05) is 18.2 Å². The van der Waals surface area contributed by atoms with Crippen LogP contribution in [0.4, 0.5) is 4.39 Å². The van der Waals surface area contributed by atoms with Crippen molar-refractivity contribution in [3.05, 3.63) is 58.6 Å². The van der Waals surface area contributed by atoms with Gasteiger partial charge in [-0.25, -0.2) is 4.39 Å². The van der Waals surface area contributed by atoms with E-state index < -0.39 is 0 Å². The molecule has 0 unspecified atom stereocenters. The summed E-state index contributed by atoms with van der Waals surface area (Å²) in [5, 5.41) is 0. The van der Waals surface area contributed by atoms with Crippen molar-refractivity contribution in [2.24, 2.45) is 0 Å². The first-order valence-electron chi connectivity index (χ1n) is 4.31. The van der Waals surface area contributed by atoms with Gasteiger partial charge in [0.15, 0.2) is 0 Å². The summed E-state index contributed by atoms with van der Waals surface area (Å²) in [7, 11) is 0. The lowest BCUT2D eigenvalue weighted by Gasteiger charge is -2.05. The van der Waals surface area contributed by atoms with E-state index >= 15 is 0 Å². The monoisotopic (exact) mass is 253 g/mol. The molecule has 1 nitrogen and oxygen atoms in total. The first kappa shape index (κ1) is 9.46. The van der Waals surface area contributed by atoms with Gasteiger partial charge in [0.1, 0.15) is 5.82 Å². The number of nitrogens with zero attached hydrogens (tertiary/aromatic N) is 1. The summed E-state index contributed by atoms with van der Waals surface area (Å²) in [6, 6.07) is 10.7. The smallest absolute Gasteiger partial charge is 0.128 e. The van der Waals surface area contributed by atoms with Crippen LogP contribution in [0.25, 0.3) is 0 Å². The number of halogens is 2. The van der Waals surface area contributed by atoms with E-state index in [0.717, 1.165) is 4.60 Å². The van der Waals surface area contributed by atoms with Crippen molar-refractivity contribution < 1.29 is 4.39 Å². The average Bonchev–Trinajstić information content (AvgIpc) is 2.56. The Morgan fingerprint density at radius 1 is 1.14 bits per heavy atom. The molecule has 0 atom stereocenters. The van der Waals surface area contributed by atoms with Crippen LogP contribution < -0.4 is 0 Å². The van der Waals surface area contributed by atoms with Crippen molar-refractivity contribution >= 4 is 15.9 Å². The Bertz CT molecular complexity index is 436. The SMILES string of the molecule is Fc1ccccc1Cn1cccc1Br. The predicted molar refractivity (Wildman–Crippen MR) is 57.6 cm³/mol. The zero-order chi connectivity index (χ0) is 9.97. The van der Waals surface area contributed by atoms with Crippen LogP contribution >= 0.6 is 15.9 Å². The molecule has 2 aromatic rings. The Morgan fingerprint density at radius 2 is 1.93 bits per heavy atom. The molecule has 3 heteroatoms. The highest BCUT2D eigenvalue weighted by Gasteiger charge is 2.02. The third-order valence-corrected chi connectivity index (χ3v) is 2.79. The molecule has 0 fully saturated rings. The van der Waals surface area contributed by atoms with Crippen LogP contribution in [0.15, 0.2) is 47.2 Å². The van der Waals surface area contributed by atoms with E-state index in [1.165, 1.54) is 6.07 Å². The van der Waals surface area contributed by atoms with Crippen LogP contribution in [0, 0.1) is 5.82 Å². The largest absolute Gasteiger partial charge is 0.338 e. The summed E-state index contributed by atoms with van der Waals surface area (Å²) in [5.41, 5.74) is 0.699. The molecular formula is C11H9BrFN. The number of rotatable bonds is 2. The van der Waals surface area contributed by atoms with E-state index in [1.54, 1.807) is 12.1 Å². The fourth-order valence-electron chi connectivity index (χ4n) is 1.33. The fraction of sp³-hybridized carbons (Fsp3) is 0.0909. The molecule has 72 valence electrons. The van der Waals surface area contributed by atoms with Gasteiger partial charge >= 0.3 is 0 Å². The first-order chi connectivity index (χ1) is 6.77. The summed E-state index contributed by atoms with van der Waals surface area (Å²) < 4.78 is 16.2. The molecule has 1 aromatic carbocycles. The maximum absolute atomic E-state index is 13.3. The van der Waals surface area contributed by atoms with E-state index in [9.17, 15) is 4.39 Å². The highest BCUT2D eigenvalue weighted by molar-refractivity contribution is 9.10. The van der Waals surface area contributed by atoms with Crippen LogP contribution in [0.5, 0.6) is 0 Å². The van der Waals surface area contributed by atoms with E-state index in [0.29, 0.717) is 12.1 Å². The van der Waals surface area contributed by atoms with Gasteiger partial charge in [-0.05, 0) is 34.1 Å². The lowest BCUT2D eigenvalue weighted by Crippen LogP contribution is -2.00. The van der Waals surface area contributed by atoms with Crippen molar-refractivity contribution in [2.75, 3.05) is 0 Å². The normalized spacial score (nSPS) is 10.4. The van der Waals surface area contributed by atoms with Crippen LogP contribution in [0.1, 0.15) is 5.56 Å². The lowest BCUT2D eigenvalue weighted by molar-refractivity contribution is 0.598. The van der Waals surface area contributed by atoms with Gasteiger partial charge in [-0.2, -0.15) is 0 Å². The maximum Gasteiger partial charge on any atom is 0.128 e. The summed E-state index contributed by atoms with van der Waals surface area (Å²) in [5.74, 6) is -0.159. The van der Waals surface area contributed by atoms with Crippen LogP contribution in [0.3, 0.4) is 0 Å². The van der Waals surface area contributed by atoms with Crippen molar-refractivity contribution in [1.29, 1.82) is 0 Å². The van der Waals surface area contributed by atoms with Crippen molar-refractivity contribution in [2.45, 2.75) is 6.54 Å². The molecule has 0 aliphatic carbocycles. The quantitative estimate of drug-likeness (QED) is 0.773. The van der Waals surface area contributed by atoms with Gasteiger partial charge in [-0.15, -0.1) is 0 Å². The predicted octanol–water partition coefficient (Wildman–Crippen LogP) is 3.44. The van der Waals surface area contributed by atoms with Gasteiger partial charge in [0.25, 0.3) is 0 Å². The molecule has 0 spiro atoms. The molecule has 14 heavy (non-hydrogen) atoms. The Kier molecular flexibility index (Phi) is 2.68. The van der Waals surface area contributed by atoms with Crippen molar-refractivity contribution in [3.8, 4) is 0 Å². The minimum Gasteiger partial charge on any atom is -0.338 e. The average molecular weight is 254 g/mol. The summed E-state index contributed by atoms with van der Waals surface area (Å²) in [6.07, 6.45) is 1.91. The molecule has 0 aliphatic rings. The molecule has 1 aromatic heterocycles. The van der Waals surface area contributed by atoms with Crippen molar-refractivity contribution in [3.63, 3.8) is 0 Å². The van der Waals surface area contributed by atoms with E-state index in [1.807, 2.05) is 29.0 Å². The second-order valence-corrected chi connectivity index (χ2v) is 3.86. The van der Waals surface area contributed by atoms with Crippen molar-refractivity contribution in [1.82, 2.24) is 4.57 Å². The highest BCUT2D eigenvalue weighted by atomic mass is 79.9. The maximum atomic E-state index is 13.3. The zero-order valence-electron chi connectivity index (χ0n) is 7.45. The number of hydrogen-bond acceptors (Lipinski definition) is 0. The molecule has 0 saturated heterocycles. The molecule has 1 heterocycles. The minimum atomic E-state index is -0.159. The third kappa shape index (κ3) is 1.87. The van der Waals surface area contributed by atoms with Gasteiger partial charge in [0.05, 0.1) is 11.1 Å². The zero-order valence-corrected chi connectivity index (χ0v) is 9.04.